The van der Waals surface area contributed by atoms with E-state index in [4.69, 9.17) is 0 Å². The van der Waals surface area contributed by atoms with Gasteiger partial charge < -0.3 is 5.32 Å². The quantitative estimate of drug-likeness (QED) is 0.560. The van der Waals surface area contributed by atoms with Gasteiger partial charge in [-0.15, -0.1) is 0 Å². The lowest BCUT2D eigenvalue weighted by Gasteiger charge is -2.08. The molecule has 0 saturated heterocycles. The highest BCUT2D eigenvalue weighted by Crippen LogP contribution is 2.16. The number of fused-ring (bicyclic) bond motifs is 1. The van der Waals surface area contributed by atoms with Gasteiger partial charge in [-0.05, 0) is 6.08 Å². The predicted octanol–water partition coefficient (Wildman–Crippen LogP) is 0.939. The molecule has 2 heterocycles. The van der Waals surface area contributed by atoms with Crippen LogP contribution >= 0.6 is 0 Å². The highest BCUT2D eigenvalue weighted by Gasteiger charge is 2.03. The predicted molar refractivity (Wildman–Crippen MR) is 40.5 cm³/mol. The van der Waals surface area contributed by atoms with Crippen LogP contribution in [0.1, 0.15) is 5.56 Å². The van der Waals surface area contributed by atoms with Crippen LogP contribution in [0.4, 0.5) is 5.69 Å². The molecule has 0 spiro atoms. The summed E-state index contributed by atoms with van der Waals surface area (Å²) < 4.78 is 0. The number of rotatable bonds is 0. The maximum absolute atomic E-state index is 3.26. The van der Waals surface area contributed by atoms with Crippen molar-refractivity contribution in [2.45, 2.75) is 0 Å². The van der Waals surface area contributed by atoms with E-state index in [-0.39, 0.29) is 0 Å². The molecule has 0 radical (unpaired) electrons. The molecule has 1 aromatic rings. The maximum Gasteiger partial charge on any atom is 0.176 e. The van der Waals surface area contributed by atoms with Crippen molar-refractivity contribution >= 4 is 11.8 Å². The first-order chi connectivity index (χ1) is 4.97. The molecular weight excluding hydrogens is 124 g/mol. The molecular formula is C8H9N2+. The summed E-state index contributed by atoms with van der Waals surface area (Å²) in [5.74, 6) is 0. The number of hydrogen-bond donors (Lipinski definition) is 1. The van der Waals surface area contributed by atoms with Gasteiger partial charge in [-0.3, -0.25) is 0 Å². The first kappa shape index (κ1) is 5.47. The van der Waals surface area contributed by atoms with Crippen molar-refractivity contribution in [2.75, 3.05) is 11.9 Å². The molecule has 10 heavy (non-hydrogen) atoms. The molecule has 0 fully saturated rings. The minimum absolute atomic E-state index is 0.941. The largest absolute Gasteiger partial charge is 0.381 e. The third-order valence-corrected chi connectivity index (χ3v) is 1.60. The first-order valence-electron chi connectivity index (χ1n) is 3.37. The number of pyridine rings is 1. The van der Waals surface area contributed by atoms with Crippen LogP contribution in [0.25, 0.3) is 6.08 Å². The molecule has 0 aromatic carbocycles. The minimum Gasteiger partial charge on any atom is -0.381 e. The smallest absolute Gasteiger partial charge is 0.176 e. The van der Waals surface area contributed by atoms with E-state index in [9.17, 15) is 0 Å². The third kappa shape index (κ3) is 0.778. The van der Waals surface area contributed by atoms with Crippen molar-refractivity contribution in [3.8, 4) is 0 Å². The molecule has 0 bridgehead atoms. The number of nitrogens with one attached hydrogen (secondary N) is 2. The lowest BCUT2D eigenvalue weighted by atomic mass is 10.2. The topological polar surface area (TPSA) is 26.2 Å². The van der Waals surface area contributed by atoms with E-state index in [1.54, 1.807) is 0 Å². The average Bonchev–Trinajstić information content (AvgIpc) is 2.05. The average molecular weight is 133 g/mol. The lowest BCUT2D eigenvalue weighted by molar-refractivity contribution is -0.377. The summed E-state index contributed by atoms with van der Waals surface area (Å²) in [4.78, 5) is 3.03. The Bertz CT molecular complexity index is 266. The highest BCUT2D eigenvalue weighted by molar-refractivity contribution is 5.67. The number of hydrogen-bond acceptors (Lipinski definition) is 1. The second-order valence-corrected chi connectivity index (χ2v) is 2.30. The molecule has 1 aliphatic heterocycles. The molecule has 2 rings (SSSR count). The lowest BCUT2D eigenvalue weighted by Crippen LogP contribution is -2.08. The number of anilines is 1. The van der Waals surface area contributed by atoms with Gasteiger partial charge in [0.1, 0.15) is 0 Å². The van der Waals surface area contributed by atoms with Crippen molar-refractivity contribution < 1.29 is 4.98 Å². The number of aromatic amines is 1. The Morgan fingerprint density at radius 3 is 3.40 bits per heavy atom. The van der Waals surface area contributed by atoms with Gasteiger partial charge >= 0.3 is 0 Å². The second kappa shape index (κ2) is 2.14. The monoisotopic (exact) mass is 133 g/mol. The summed E-state index contributed by atoms with van der Waals surface area (Å²) in [5.41, 5.74) is 2.44. The fraction of sp³-hybridized carbons (Fsp3) is 0.125. The van der Waals surface area contributed by atoms with Crippen LogP contribution in [0.15, 0.2) is 24.5 Å². The summed E-state index contributed by atoms with van der Waals surface area (Å²) in [5, 5.41) is 3.26. The van der Waals surface area contributed by atoms with E-state index >= 15 is 0 Å². The SMILES string of the molecule is C1=Cc2c[nH+]ccc2NC1. The van der Waals surface area contributed by atoms with E-state index < -0.39 is 0 Å². The van der Waals surface area contributed by atoms with Crippen molar-refractivity contribution in [1.29, 1.82) is 0 Å². The van der Waals surface area contributed by atoms with Gasteiger partial charge in [0.15, 0.2) is 12.4 Å². The van der Waals surface area contributed by atoms with E-state index in [1.807, 2.05) is 18.5 Å². The fourth-order valence-corrected chi connectivity index (χ4v) is 1.10. The summed E-state index contributed by atoms with van der Waals surface area (Å²) in [7, 11) is 0. The highest BCUT2D eigenvalue weighted by atomic mass is 14.9. The molecule has 0 amide bonds. The molecule has 2 nitrogen and oxygen atoms in total. The molecule has 0 saturated carbocycles. The second-order valence-electron chi connectivity index (χ2n) is 2.30. The van der Waals surface area contributed by atoms with Crippen molar-refractivity contribution in [2.24, 2.45) is 0 Å². The molecule has 0 aliphatic carbocycles. The van der Waals surface area contributed by atoms with Gasteiger partial charge in [0.05, 0.1) is 11.3 Å². The zero-order valence-corrected chi connectivity index (χ0v) is 5.59. The van der Waals surface area contributed by atoms with E-state index in [0.29, 0.717) is 0 Å². The Morgan fingerprint density at radius 1 is 1.50 bits per heavy atom. The van der Waals surface area contributed by atoms with Gasteiger partial charge in [-0.2, -0.15) is 0 Å². The Balaban J connectivity index is 2.54. The standard InChI is InChI=1S/C8H8N2/c1-2-7-6-9-5-3-8(7)10-4-1/h1-3,5-6,10H,4H2/p+1. The van der Waals surface area contributed by atoms with Crippen LogP contribution in [0.2, 0.25) is 0 Å². The van der Waals surface area contributed by atoms with Gasteiger partial charge in [0.2, 0.25) is 0 Å². The number of H-pyrrole nitrogens is 1. The van der Waals surface area contributed by atoms with Gasteiger partial charge in [-0.1, -0.05) is 6.08 Å². The normalized spacial score (nSPS) is 14.0. The minimum atomic E-state index is 0.941. The van der Waals surface area contributed by atoms with Crippen LogP contribution in [-0.2, 0) is 0 Å². The maximum atomic E-state index is 3.26. The third-order valence-electron chi connectivity index (χ3n) is 1.60. The van der Waals surface area contributed by atoms with Crippen LogP contribution in [0.3, 0.4) is 0 Å². The molecule has 0 atom stereocenters. The molecule has 0 unspecified atom stereocenters. The number of aromatic nitrogens is 1. The van der Waals surface area contributed by atoms with E-state index in [0.717, 1.165) is 6.54 Å². The van der Waals surface area contributed by atoms with Crippen molar-refractivity contribution in [3.63, 3.8) is 0 Å². The zero-order valence-electron chi connectivity index (χ0n) is 5.59. The van der Waals surface area contributed by atoms with Gasteiger partial charge in [-0.25, -0.2) is 4.98 Å². The Kier molecular flexibility index (Phi) is 1.17. The van der Waals surface area contributed by atoms with Gasteiger partial charge in [0, 0.05) is 12.6 Å². The Labute approximate surface area is 59.6 Å². The van der Waals surface area contributed by atoms with Crippen LogP contribution in [-0.4, -0.2) is 6.54 Å². The zero-order chi connectivity index (χ0) is 6.81. The van der Waals surface area contributed by atoms with E-state index in [2.05, 4.69) is 22.5 Å². The van der Waals surface area contributed by atoms with E-state index in [1.165, 1.54) is 11.3 Å². The summed E-state index contributed by atoms with van der Waals surface area (Å²) in [6.07, 6.45) is 8.13. The molecule has 2 heteroatoms. The molecule has 1 aliphatic rings. The summed E-state index contributed by atoms with van der Waals surface area (Å²) in [6.45, 7) is 0.941. The van der Waals surface area contributed by atoms with Crippen LogP contribution in [0, 0.1) is 0 Å². The first-order valence-corrected chi connectivity index (χ1v) is 3.37. The van der Waals surface area contributed by atoms with Crippen molar-refractivity contribution in [1.82, 2.24) is 0 Å². The van der Waals surface area contributed by atoms with Crippen LogP contribution in [0.5, 0.6) is 0 Å². The molecule has 2 N–H and O–H groups in total. The molecule has 50 valence electrons. The van der Waals surface area contributed by atoms with Gasteiger partial charge in [0.25, 0.3) is 0 Å². The Hall–Kier alpha value is -1.31. The fourth-order valence-electron chi connectivity index (χ4n) is 1.10. The van der Waals surface area contributed by atoms with Crippen LogP contribution < -0.4 is 10.3 Å². The molecule has 1 aromatic heterocycles. The summed E-state index contributed by atoms with van der Waals surface area (Å²) >= 11 is 0. The Morgan fingerprint density at radius 2 is 2.50 bits per heavy atom. The summed E-state index contributed by atoms with van der Waals surface area (Å²) in [6, 6.07) is 2.04. The van der Waals surface area contributed by atoms with Crippen molar-refractivity contribution in [3.05, 3.63) is 30.1 Å².